The molecule has 0 saturated heterocycles. The summed E-state index contributed by atoms with van der Waals surface area (Å²) in [5.41, 5.74) is -0.274. The lowest BCUT2D eigenvalue weighted by Crippen LogP contribution is -2.04. The van der Waals surface area contributed by atoms with E-state index in [2.05, 4.69) is 10.2 Å². The Bertz CT molecular complexity index is 427. The van der Waals surface area contributed by atoms with Crippen LogP contribution in [0.3, 0.4) is 0 Å². The van der Waals surface area contributed by atoms with Crippen molar-refractivity contribution in [2.45, 2.75) is 26.2 Å². The van der Waals surface area contributed by atoms with Crippen molar-refractivity contribution in [1.29, 1.82) is 0 Å². The van der Waals surface area contributed by atoms with E-state index in [1.807, 2.05) is 6.92 Å². The van der Waals surface area contributed by atoms with Crippen molar-refractivity contribution >= 4 is 11.5 Å². The van der Waals surface area contributed by atoms with Crippen LogP contribution >= 0.6 is 0 Å². The molecule has 17 heavy (non-hydrogen) atoms. The molecule has 0 spiro atoms. The smallest absolute Gasteiger partial charge is 0.194 e. The lowest BCUT2D eigenvalue weighted by Gasteiger charge is -2.02. The molecule has 1 heterocycles. The molecule has 1 rings (SSSR count). The highest BCUT2D eigenvalue weighted by Crippen LogP contribution is 2.17. The molecule has 0 aliphatic carbocycles. The minimum absolute atomic E-state index is 0.173. The molecule has 0 aliphatic rings. The first-order valence-electron chi connectivity index (χ1n) is 5.42. The van der Waals surface area contributed by atoms with Gasteiger partial charge in [0.2, 0.25) is 0 Å². The monoisotopic (exact) mass is 234 g/mol. The normalized spacial score (nSPS) is 11.8. The van der Waals surface area contributed by atoms with Gasteiger partial charge in [-0.2, -0.15) is 0 Å². The van der Waals surface area contributed by atoms with Crippen LogP contribution < -0.4 is 0 Å². The van der Waals surface area contributed by atoms with Crippen molar-refractivity contribution in [3.63, 3.8) is 0 Å². The molecule has 0 saturated carbocycles. The number of ketones is 1. The van der Waals surface area contributed by atoms with E-state index in [4.69, 9.17) is 0 Å². The zero-order valence-electron chi connectivity index (χ0n) is 9.59. The Hall–Kier alpha value is -2.04. The fourth-order valence-corrected chi connectivity index (χ4v) is 1.31. The first-order chi connectivity index (χ1) is 8.20. The minimum atomic E-state index is -0.457. The van der Waals surface area contributed by atoms with Gasteiger partial charge in [-0.05, 0) is 23.7 Å². The number of aliphatic hydroxyl groups is 1. The lowest BCUT2D eigenvalue weighted by molar-refractivity contribution is -0.115. The third-order valence-electron chi connectivity index (χ3n) is 2.24. The molecule has 0 fully saturated rings. The molecule has 1 N–H and O–H groups in total. The van der Waals surface area contributed by atoms with Gasteiger partial charge in [0.05, 0.1) is 0 Å². The van der Waals surface area contributed by atoms with E-state index in [1.165, 1.54) is 12.3 Å². The highest BCUT2D eigenvalue weighted by molar-refractivity contribution is 6.00. The van der Waals surface area contributed by atoms with Crippen LogP contribution in [0, 0.1) is 4.91 Å². The summed E-state index contributed by atoms with van der Waals surface area (Å²) in [5, 5.41) is 12.4. The van der Waals surface area contributed by atoms with Crippen LogP contribution in [0.2, 0.25) is 0 Å². The maximum absolute atomic E-state index is 11.6. The Morgan fingerprint density at radius 1 is 1.47 bits per heavy atom. The lowest BCUT2D eigenvalue weighted by atomic mass is 10.1. The molecule has 0 bridgehead atoms. The summed E-state index contributed by atoms with van der Waals surface area (Å²) < 4.78 is 0. The summed E-state index contributed by atoms with van der Waals surface area (Å²) in [5.74, 6) is -0.910. The third kappa shape index (κ3) is 3.48. The molecular weight excluding hydrogens is 220 g/mol. The number of aliphatic hydroxyl groups excluding tert-OH is 1. The molecule has 1 aromatic rings. The Kier molecular flexibility index (Phi) is 5.00. The summed E-state index contributed by atoms with van der Waals surface area (Å²) in [6.45, 7) is 1.93. The van der Waals surface area contributed by atoms with Crippen LogP contribution in [0.25, 0.3) is 5.76 Å². The largest absolute Gasteiger partial charge is 0.504 e. The van der Waals surface area contributed by atoms with E-state index < -0.39 is 17.2 Å². The maximum atomic E-state index is 11.6. The standard InChI is InChI=1S/C12H14N2O3/c1-2-3-7-10(15)11(14-17)12(16)9-6-4-5-8-13-9/h4-6,8,16H,2-3,7H2,1H3. The van der Waals surface area contributed by atoms with Gasteiger partial charge in [0.25, 0.3) is 0 Å². The van der Waals surface area contributed by atoms with Crippen LogP contribution in [0.15, 0.2) is 35.3 Å². The Morgan fingerprint density at radius 2 is 2.24 bits per heavy atom. The first-order valence-corrected chi connectivity index (χ1v) is 5.42. The van der Waals surface area contributed by atoms with Gasteiger partial charge >= 0.3 is 0 Å². The zero-order valence-corrected chi connectivity index (χ0v) is 9.59. The van der Waals surface area contributed by atoms with Gasteiger partial charge in [-0.15, -0.1) is 4.91 Å². The van der Waals surface area contributed by atoms with Gasteiger partial charge in [0, 0.05) is 12.6 Å². The quantitative estimate of drug-likeness (QED) is 0.466. The molecule has 90 valence electrons. The van der Waals surface area contributed by atoms with Crippen LogP contribution in [0.1, 0.15) is 31.9 Å². The number of unbranched alkanes of at least 4 members (excludes halogenated alkanes) is 1. The molecule has 5 heteroatoms. The Labute approximate surface area is 99.2 Å². The number of rotatable bonds is 6. The van der Waals surface area contributed by atoms with Gasteiger partial charge in [-0.25, -0.2) is 0 Å². The summed E-state index contributed by atoms with van der Waals surface area (Å²) >= 11 is 0. The fourth-order valence-electron chi connectivity index (χ4n) is 1.31. The number of allylic oxidation sites excluding steroid dienone is 1. The molecule has 0 aromatic carbocycles. The summed E-state index contributed by atoms with van der Waals surface area (Å²) in [7, 11) is 0. The first kappa shape index (κ1) is 13.0. The number of hydrogen-bond acceptors (Lipinski definition) is 5. The number of hydrogen-bond donors (Lipinski definition) is 1. The van der Waals surface area contributed by atoms with Crippen LogP contribution in [0.4, 0.5) is 0 Å². The highest BCUT2D eigenvalue weighted by atomic mass is 16.3. The van der Waals surface area contributed by atoms with E-state index in [9.17, 15) is 14.8 Å². The van der Waals surface area contributed by atoms with E-state index in [-0.39, 0.29) is 12.1 Å². The average molecular weight is 234 g/mol. The Morgan fingerprint density at radius 3 is 2.76 bits per heavy atom. The van der Waals surface area contributed by atoms with Gasteiger partial charge in [0.15, 0.2) is 17.2 Å². The van der Waals surface area contributed by atoms with E-state index in [1.54, 1.807) is 12.1 Å². The zero-order chi connectivity index (χ0) is 12.7. The molecule has 5 nitrogen and oxygen atoms in total. The van der Waals surface area contributed by atoms with Crippen LogP contribution in [-0.4, -0.2) is 15.9 Å². The van der Waals surface area contributed by atoms with Crippen molar-refractivity contribution < 1.29 is 9.90 Å². The topological polar surface area (TPSA) is 79.6 Å². The third-order valence-corrected chi connectivity index (χ3v) is 2.24. The molecule has 1 aromatic heterocycles. The SMILES string of the molecule is CCCCC(=O)C(N=O)=C(O)c1ccccn1. The number of nitroso groups, excluding NO2 is 1. The van der Waals surface area contributed by atoms with Crippen molar-refractivity contribution in [3.8, 4) is 0 Å². The van der Waals surface area contributed by atoms with E-state index in [0.717, 1.165) is 6.42 Å². The summed E-state index contributed by atoms with van der Waals surface area (Å²) in [6.07, 6.45) is 3.16. The van der Waals surface area contributed by atoms with Gasteiger partial charge in [0.1, 0.15) is 5.69 Å². The molecule has 0 aliphatic heterocycles. The summed E-state index contributed by atoms with van der Waals surface area (Å²) in [6, 6.07) is 4.83. The maximum Gasteiger partial charge on any atom is 0.194 e. The average Bonchev–Trinajstić information content (AvgIpc) is 2.38. The van der Waals surface area contributed by atoms with Gasteiger partial charge in [-0.3, -0.25) is 9.78 Å². The second kappa shape index (κ2) is 6.52. The van der Waals surface area contributed by atoms with Crippen LogP contribution in [-0.2, 0) is 4.79 Å². The minimum Gasteiger partial charge on any atom is -0.504 e. The second-order valence-electron chi connectivity index (χ2n) is 3.53. The molecule has 0 atom stereocenters. The predicted octanol–water partition coefficient (Wildman–Crippen LogP) is 2.83. The fraction of sp³-hybridized carbons (Fsp3) is 0.333. The molecule has 0 amide bonds. The van der Waals surface area contributed by atoms with E-state index >= 15 is 0 Å². The number of nitrogens with zero attached hydrogens (tertiary/aromatic N) is 2. The molecule has 0 radical (unpaired) electrons. The van der Waals surface area contributed by atoms with Gasteiger partial charge < -0.3 is 5.11 Å². The number of carbonyl (C=O) groups is 1. The summed E-state index contributed by atoms with van der Waals surface area (Å²) in [4.78, 5) is 26.1. The van der Waals surface area contributed by atoms with Crippen molar-refractivity contribution in [3.05, 3.63) is 40.7 Å². The Balaban J connectivity index is 2.98. The number of pyridine rings is 1. The number of aromatic nitrogens is 1. The predicted molar refractivity (Wildman–Crippen MR) is 64.1 cm³/mol. The highest BCUT2D eigenvalue weighted by Gasteiger charge is 2.17. The van der Waals surface area contributed by atoms with Crippen LogP contribution in [0.5, 0.6) is 0 Å². The second-order valence-corrected chi connectivity index (χ2v) is 3.53. The van der Waals surface area contributed by atoms with Gasteiger partial charge in [-0.1, -0.05) is 19.4 Å². The van der Waals surface area contributed by atoms with Crippen molar-refractivity contribution in [1.82, 2.24) is 4.98 Å². The molecular formula is C12H14N2O3. The number of carbonyl (C=O) groups excluding carboxylic acids is 1. The van der Waals surface area contributed by atoms with Crippen molar-refractivity contribution in [2.75, 3.05) is 0 Å². The molecule has 0 unspecified atom stereocenters. The van der Waals surface area contributed by atoms with Crippen molar-refractivity contribution in [2.24, 2.45) is 5.18 Å². The van der Waals surface area contributed by atoms with E-state index in [0.29, 0.717) is 6.42 Å². The number of Topliss-reactive ketones (excluding diaryl/α,β-unsaturated/α-hetero) is 1.